The molecule has 0 saturated carbocycles. The minimum Gasteiger partial charge on any atom is -0.383 e. The van der Waals surface area contributed by atoms with Crippen LogP contribution in [0.3, 0.4) is 0 Å². The lowest BCUT2D eigenvalue weighted by Gasteiger charge is -2.23. The number of nitro groups is 1. The molecule has 1 aromatic heterocycles. The van der Waals surface area contributed by atoms with E-state index in [0.717, 1.165) is 19.3 Å². The van der Waals surface area contributed by atoms with Gasteiger partial charge in [-0.05, 0) is 42.1 Å². The molecule has 2 rings (SSSR count). The van der Waals surface area contributed by atoms with Gasteiger partial charge < -0.3 is 27.0 Å². The number of rotatable bonds is 28. The number of nitro benzene ring substituents is 1. The Bertz CT molecular complexity index is 1420. The number of carbonyl (C=O) groups excluding carboxylic acids is 4. The molecule has 52 heavy (non-hydrogen) atoms. The van der Waals surface area contributed by atoms with Crippen molar-refractivity contribution in [1.29, 1.82) is 0 Å². The number of hydrogen-bond donors (Lipinski definition) is 5. The summed E-state index contributed by atoms with van der Waals surface area (Å²) in [6, 6.07) is 0.907. The summed E-state index contributed by atoms with van der Waals surface area (Å²) >= 11 is 0. The van der Waals surface area contributed by atoms with Crippen molar-refractivity contribution in [2.45, 2.75) is 141 Å². The van der Waals surface area contributed by atoms with E-state index in [9.17, 15) is 29.3 Å². The molecule has 0 saturated heterocycles. The third kappa shape index (κ3) is 18.2. The highest BCUT2D eigenvalue weighted by Gasteiger charge is 2.27. The Morgan fingerprint density at radius 2 is 1.50 bits per heavy atom. The highest BCUT2D eigenvalue weighted by Crippen LogP contribution is 2.35. The van der Waals surface area contributed by atoms with Crippen molar-refractivity contribution in [3.05, 3.63) is 22.2 Å². The van der Waals surface area contributed by atoms with Crippen LogP contribution in [0, 0.1) is 10.1 Å². The van der Waals surface area contributed by atoms with Crippen LogP contribution in [-0.2, 0) is 19.2 Å². The number of carbonyl (C=O) groups is 4. The van der Waals surface area contributed by atoms with Crippen molar-refractivity contribution in [2.24, 2.45) is 5.73 Å². The number of fused-ring (bicyclic) bond motifs is 1. The van der Waals surface area contributed by atoms with Gasteiger partial charge in [0, 0.05) is 29.5 Å². The average Bonchev–Trinajstić information content (AvgIpc) is 3.58. The lowest BCUT2D eigenvalue weighted by molar-refractivity contribution is -0.383. The minimum atomic E-state index is -0.969. The first-order valence-electron chi connectivity index (χ1n) is 18.4. The van der Waals surface area contributed by atoms with E-state index in [1.165, 1.54) is 74.3 Å². The lowest BCUT2D eigenvalue weighted by Crippen LogP contribution is -2.55. The summed E-state index contributed by atoms with van der Waals surface area (Å²) in [7, 11) is 2.99. The number of anilines is 1. The number of primary amides is 1. The maximum atomic E-state index is 13.3. The molecule has 0 aliphatic heterocycles. The second-order valence-electron chi connectivity index (χ2n) is 13.9. The number of aromatic nitrogens is 2. The Labute approximate surface area is 314 Å². The molecule has 0 aliphatic rings. The van der Waals surface area contributed by atoms with Gasteiger partial charge in [-0.3, -0.25) is 29.3 Å². The molecule has 0 aliphatic carbocycles. The zero-order valence-electron chi connectivity index (χ0n) is 31.1. The number of benzene rings is 1. The first kappa shape index (κ1) is 44.6. The van der Waals surface area contributed by atoms with Gasteiger partial charge in [-0.1, -0.05) is 113 Å². The average molecular weight is 767 g/mol. The second kappa shape index (κ2) is 24.6. The predicted molar refractivity (Wildman–Crippen MR) is 208 cm³/mol. The highest BCUT2D eigenvalue weighted by molar-refractivity contribution is 8.77. The van der Waals surface area contributed by atoms with E-state index < -0.39 is 34.7 Å². The van der Waals surface area contributed by atoms with Crippen molar-refractivity contribution in [3.63, 3.8) is 0 Å². The Morgan fingerprint density at radius 1 is 0.865 bits per heavy atom. The fraction of sp³-hybridized carbons (Fsp3) is 0.714. The normalized spacial score (nSPS) is 12.6. The number of nitrogens with one attached hydrogen (secondary N) is 4. The van der Waals surface area contributed by atoms with Crippen LogP contribution in [0.1, 0.15) is 124 Å². The van der Waals surface area contributed by atoms with Gasteiger partial charge in [0.05, 0.1) is 17.2 Å². The number of nitrogens with two attached hydrogens (primary N) is 1. The monoisotopic (exact) mass is 766 g/mol. The van der Waals surface area contributed by atoms with Crippen LogP contribution in [0.2, 0.25) is 0 Å². The number of nitrogens with zero attached hydrogens (tertiary/aromatic N) is 3. The molecule has 15 nitrogen and oxygen atoms in total. The molecule has 17 heteroatoms. The molecule has 2 aromatic rings. The van der Waals surface area contributed by atoms with Crippen LogP contribution in [0.5, 0.6) is 0 Å². The summed E-state index contributed by atoms with van der Waals surface area (Å²) < 4.78 is 4.59. The molecule has 0 unspecified atom stereocenters. The number of hydrogen-bond acceptors (Lipinski definition) is 12. The van der Waals surface area contributed by atoms with Crippen molar-refractivity contribution < 1.29 is 28.7 Å². The van der Waals surface area contributed by atoms with E-state index in [1.54, 1.807) is 10.8 Å². The van der Waals surface area contributed by atoms with Crippen LogP contribution in [0.4, 0.5) is 11.4 Å². The Balaban J connectivity index is 1.78. The van der Waals surface area contributed by atoms with Gasteiger partial charge in [0.15, 0.2) is 5.52 Å². The maximum Gasteiger partial charge on any atom is 0.300 e. The summed E-state index contributed by atoms with van der Waals surface area (Å²) in [6.07, 6.45) is 14.7. The van der Waals surface area contributed by atoms with E-state index in [0.29, 0.717) is 31.5 Å². The van der Waals surface area contributed by atoms with Gasteiger partial charge in [0.1, 0.15) is 12.1 Å². The van der Waals surface area contributed by atoms with Gasteiger partial charge in [-0.15, -0.1) is 0 Å². The third-order valence-electron chi connectivity index (χ3n) is 8.13. The zero-order chi connectivity index (χ0) is 38.4. The van der Waals surface area contributed by atoms with Gasteiger partial charge >= 0.3 is 5.69 Å². The molecular weight excluding hydrogens is 709 g/mol. The highest BCUT2D eigenvalue weighted by atomic mass is 33.1. The largest absolute Gasteiger partial charge is 0.383 e. The Hall–Kier alpha value is -3.60. The summed E-state index contributed by atoms with van der Waals surface area (Å²) in [4.78, 5) is 61.5. The zero-order valence-corrected chi connectivity index (χ0v) is 32.8. The number of non-ortho nitro benzene ring substituents is 1. The van der Waals surface area contributed by atoms with Gasteiger partial charge in [-0.2, -0.15) is 0 Å². The van der Waals surface area contributed by atoms with Gasteiger partial charge in [0.25, 0.3) is 0 Å². The predicted octanol–water partition coefficient (Wildman–Crippen LogP) is 6.17. The Kier molecular flexibility index (Phi) is 21.1. The second-order valence-corrected chi connectivity index (χ2v) is 17.1. The van der Waals surface area contributed by atoms with Crippen LogP contribution in [0.15, 0.2) is 16.8 Å². The molecule has 0 radical (unpaired) electrons. The summed E-state index contributed by atoms with van der Waals surface area (Å²) in [6.45, 7) is 8.51. The van der Waals surface area contributed by atoms with E-state index in [1.807, 2.05) is 20.8 Å². The SMILES string of the molecule is CCCCCCCCCCCCCC(=O)NCC(=O)N[C@@H](CSSC(C)(C)C)C(=O)N[C@@H](CCCCNc1ccc([N+](=O)[O-])c2nonc12)C(N)=O. The molecule has 1 heterocycles. The number of amides is 4. The fourth-order valence-electron chi connectivity index (χ4n) is 5.32. The van der Waals surface area contributed by atoms with Crippen LogP contribution in [0.25, 0.3) is 11.0 Å². The fourth-order valence-corrected chi connectivity index (χ4v) is 7.79. The van der Waals surface area contributed by atoms with Crippen LogP contribution in [-0.4, -0.2) is 74.5 Å². The quantitative estimate of drug-likeness (QED) is 0.0284. The number of unbranched alkanes of at least 4 members (excludes halogenated alkanes) is 11. The first-order valence-corrected chi connectivity index (χ1v) is 20.7. The van der Waals surface area contributed by atoms with Crippen LogP contribution >= 0.6 is 21.6 Å². The molecule has 0 spiro atoms. The van der Waals surface area contributed by atoms with Crippen molar-refractivity contribution in [2.75, 3.05) is 24.2 Å². The van der Waals surface area contributed by atoms with Crippen molar-refractivity contribution >= 4 is 67.6 Å². The first-order chi connectivity index (χ1) is 24.8. The maximum absolute atomic E-state index is 13.3. The van der Waals surface area contributed by atoms with E-state index in [2.05, 4.69) is 43.1 Å². The van der Waals surface area contributed by atoms with E-state index >= 15 is 0 Å². The standard InChI is InChI=1S/C35H58N8O7S2/c1-5-6-7-8-9-10-11-12-13-14-15-19-29(44)38-23-30(45)39-27(24-51-52-35(2,3)4)34(47)40-26(33(36)46)18-16-17-22-37-25-20-21-28(43(48)49)32-31(25)41-50-42-32/h20-21,26-27,37H,5-19,22-24H2,1-4H3,(H2,36,46)(H,38,44)(H,39,45)(H,40,47)/t26-,27-/m0/s1. The molecule has 292 valence electrons. The van der Waals surface area contributed by atoms with E-state index in [4.69, 9.17) is 5.73 Å². The molecule has 2 atom stereocenters. The van der Waals surface area contributed by atoms with Gasteiger partial charge in [-0.25, -0.2) is 4.63 Å². The lowest BCUT2D eigenvalue weighted by atomic mass is 10.1. The molecule has 4 amide bonds. The smallest absolute Gasteiger partial charge is 0.300 e. The van der Waals surface area contributed by atoms with Gasteiger partial charge in [0.2, 0.25) is 29.1 Å². The van der Waals surface area contributed by atoms with Crippen molar-refractivity contribution in [1.82, 2.24) is 26.3 Å². The molecule has 0 bridgehead atoms. The van der Waals surface area contributed by atoms with Crippen molar-refractivity contribution in [3.8, 4) is 0 Å². The third-order valence-corrected chi connectivity index (χ3v) is 11.5. The summed E-state index contributed by atoms with van der Waals surface area (Å²) in [5.41, 5.74) is 6.19. The molecule has 1 aromatic carbocycles. The van der Waals surface area contributed by atoms with E-state index in [-0.39, 0.29) is 46.1 Å². The minimum absolute atomic E-state index is 0.0363. The molecule has 0 fully saturated rings. The summed E-state index contributed by atoms with van der Waals surface area (Å²) in [5, 5.41) is 29.8. The van der Waals surface area contributed by atoms with Crippen LogP contribution < -0.4 is 27.0 Å². The molecular formula is C35H58N8O7S2. The topological polar surface area (TPSA) is 224 Å². The summed E-state index contributed by atoms with van der Waals surface area (Å²) in [5.74, 6) is -1.72. The Morgan fingerprint density at radius 3 is 2.12 bits per heavy atom. The molecule has 6 N–H and O–H groups in total.